The number of hydrogen-bond acceptors (Lipinski definition) is 4. The van der Waals surface area contributed by atoms with Gasteiger partial charge in [0.05, 0.1) is 10.8 Å². The predicted molar refractivity (Wildman–Crippen MR) is 107 cm³/mol. The van der Waals surface area contributed by atoms with Crippen LogP contribution in [0, 0.1) is 12.7 Å². The van der Waals surface area contributed by atoms with E-state index in [0.29, 0.717) is 33.8 Å². The second kappa shape index (κ2) is 8.54. The first-order chi connectivity index (χ1) is 13.0. The van der Waals surface area contributed by atoms with E-state index in [2.05, 4.69) is 15.5 Å². The first-order valence-electron chi connectivity index (χ1n) is 8.37. The summed E-state index contributed by atoms with van der Waals surface area (Å²) in [5, 5.41) is 12.4. The molecule has 0 aliphatic heterocycles. The van der Waals surface area contributed by atoms with Crippen LogP contribution in [0.2, 0.25) is 5.02 Å². The van der Waals surface area contributed by atoms with Crippen molar-refractivity contribution in [2.45, 2.75) is 25.5 Å². The Bertz CT molecular complexity index is 976. The highest BCUT2D eigenvalue weighted by Gasteiger charge is 2.16. The quantitative estimate of drug-likeness (QED) is 0.599. The van der Waals surface area contributed by atoms with Crippen LogP contribution < -0.4 is 5.32 Å². The molecule has 2 aromatic carbocycles. The Morgan fingerprint density at radius 3 is 2.74 bits per heavy atom. The Morgan fingerprint density at radius 1 is 1.22 bits per heavy atom. The van der Waals surface area contributed by atoms with Crippen LogP contribution in [0.15, 0.2) is 47.6 Å². The van der Waals surface area contributed by atoms with Crippen LogP contribution >= 0.6 is 23.4 Å². The van der Waals surface area contributed by atoms with Gasteiger partial charge in [-0.3, -0.25) is 4.79 Å². The second-order valence-corrected chi connectivity index (χ2v) is 7.13. The molecule has 0 atom stereocenters. The number of thioether (sulfide) groups is 1. The molecule has 1 heterocycles. The molecule has 0 aliphatic rings. The maximum Gasteiger partial charge on any atom is 0.234 e. The van der Waals surface area contributed by atoms with Crippen LogP contribution in [-0.4, -0.2) is 26.4 Å². The van der Waals surface area contributed by atoms with Crippen molar-refractivity contribution in [3.63, 3.8) is 0 Å². The lowest BCUT2D eigenvalue weighted by Crippen LogP contribution is -2.15. The van der Waals surface area contributed by atoms with Crippen molar-refractivity contribution in [1.82, 2.24) is 14.8 Å². The predicted octanol–water partition coefficient (Wildman–Crippen LogP) is 4.80. The van der Waals surface area contributed by atoms with Crippen molar-refractivity contribution < 1.29 is 9.18 Å². The van der Waals surface area contributed by atoms with Gasteiger partial charge in [-0.05, 0) is 38.1 Å². The average molecular weight is 405 g/mol. The van der Waals surface area contributed by atoms with Gasteiger partial charge in [-0.25, -0.2) is 4.39 Å². The summed E-state index contributed by atoms with van der Waals surface area (Å²) in [4.78, 5) is 12.2. The summed E-state index contributed by atoms with van der Waals surface area (Å²) in [6.07, 6.45) is 0. The third-order valence-corrected chi connectivity index (χ3v) is 5.32. The zero-order valence-corrected chi connectivity index (χ0v) is 16.4. The number of carbonyl (C=O) groups is 1. The van der Waals surface area contributed by atoms with Crippen LogP contribution in [0.3, 0.4) is 0 Å². The number of hydrogen-bond donors (Lipinski definition) is 1. The van der Waals surface area contributed by atoms with Gasteiger partial charge in [0.25, 0.3) is 0 Å². The van der Waals surface area contributed by atoms with Crippen LogP contribution in [-0.2, 0) is 11.3 Å². The van der Waals surface area contributed by atoms with Crippen molar-refractivity contribution in [3.8, 4) is 11.4 Å². The molecule has 3 rings (SSSR count). The van der Waals surface area contributed by atoms with Crippen LogP contribution in [0.4, 0.5) is 10.1 Å². The number of halogens is 2. The number of nitrogens with one attached hydrogen (secondary N) is 1. The summed E-state index contributed by atoms with van der Waals surface area (Å²) in [6.45, 7) is 4.24. The lowest BCUT2D eigenvalue weighted by molar-refractivity contribution is -0.113. The van der Waals surface area contributed by atoms with E-state index < -0.39 is 0 Å². The smallest absolute Gasteiger partial charge is 0.234 e. The van der Waals surface area contributed by atoms with E-state index in [4.69, 9.17) is 11.6 Å². The van der Waals surface area contributed by atoms with Gasteiger partial charge in [-0.2, -0.15) is 0 Å². The normalized spacial score (nSPS) is 10.8. The maximum atomic E-state index is 13.6. The number of carbonyl (C=O) groups excluding carboxylic acids is 1. The summed E-state index contributed by atoms with van der Waals surface area (Å²) < 4.78 is 15.5. The molecule has 0 saturated heterocycles. The van der Waals surface area contributed by atoms with Crippen molar-refractivity contribution in [2.75, 3.05) is 11.1 Å². The topological polar surface area (TPSA) is 59.8 Å². The number of rotatable bonds is 6. The molecule has 0 aliphatic carbocycles. The molecule has 0 spiro atoms. The number of aromatic nitrogens is 3. The van der Waals surface area contributed by atoms with E-state index in [9.17, 15) is 9.18 Å². The van der Waals surface area contributed by atoms with Crippen LogP contribution in [0.5, 0.6) is 0 Å². The summed E-state index contributed by atoms with van der Waals surface area (Å²) in [5.41, 5.74) is 1.67. The molecule has 3 aromatic rings. The fourth-order valence-electron chi connectivity index (χ4n) is 2.58. The van der Waals surface area contributed by atoms with E-state index in [0.717, 1.165) is 5.56 Å². The van der Waals surface area contributed by atoms with Crippen molar-refractivity contribution in [2.24, 2.45) is 0 Å². The van der Waals surface area contributed by atoms with Gasteiger partial charge in [0.15, 0.2) is 11.0 Å². The number of anilines is 1. The third-order valence-electron chi connectivity index (χ3n) is 4.02. The average Bonchev–Trinajstić information content (AvgIpc) is 3.07. The van der Waals surface area contributed by atoms with Gasteiger partial charge < -0.3 is 9.88 Å². The zero-order valence-electron chi connectivity index (χ0n) is 14.9. The van der Waals surface area contributed by atoms with Gasteiger partial charge in [-0.1, -0.05) is 41.6 Å². The zero-order chi connectivity index (χ0) is 19.4. The third kappa shape index (κ3) is 4.31. The fourth-order valence-corrected chi connectivity index (χ4v) is 3.60. The first kappa shape index (κ1) is 19.4. The molecule has 1 amide bonds. The minimum Gasteiger partial charge on any atom is -0.325 e. The number of benzene rings is 2. The molecule has 8 heteroatoms. The Hall–Kier alpha value is -2.38. The molecule has 0 bridgehead atoms. The van der Waals surface area contributed by atoms with E-state index in [1.54, 1.807) is 25.1 Å². The van der Waals surface area contributed by atoms with E-state index in [-0.39, 0.29) is 17.5 Å². The molecule has 1 N–H and O–H groups in total. The Balaban J connectivity index is 1.72. The van der Waals surface area contributed by atoms with Crippen LogP contribution in [0.25, 0.3) is 11.4 Å². The SMILES string of the molecule is CCn1c(SCC(=O)Nc2cccc(F)c2C)nnc1-c1ccccc1Cl. The lowest BCUT2D eigenvalue weighted by atomic mass is 10.2. The largest absolute Gasteiger partial charge is 0.325 e. The Kier molecular flexibility index (Phi) is 6.13. The van der Waals surface area contributed by atoms with Gasteiger partial charge in [-0.15, -0.1) is 10.2 Å². The van der Waals surface area contributed by atoms with Crippen molar-refractivity contribution in [3.05, 3.63) is 58.9 Å². The number of amides is 1. The lowest BCUT2D eigenvalue weighted by Gasteiger charge is -2.10. The highest BCUT2D eigenvalue weighted by molar-refractivity contribution is 7.99. The molecule has 140 valence electrons. The monoisotopic (exact) mass is 404 g/mol. The molecule has 1 aromatic heterocycles. The molecule has 27 heavy (non-hydrogen) atoms. The second-order valence-electron chi connectivity index (χ2n) is 5.78. The maximum absolute atomic E-state index is 13.6. The Morgan fingerprint density at radius 2 is 2.00 bits per heavy atom. The summed E-state index contributed by atoms with van der Waals surface area (Å²) in [5.74, 6) is 0.206. The summed E-state index contributed by atoms with van der Waals surface area (Å²) in [7, 11) is 0. The van der Waals surface area contributed by atoms with Crippen molar-refractivity contribution in [1.29, 1.82) is 0 Å². The molecule has 0 unspecified atom stereocenters. The molecule has 5 nitrogen and oxygen atoms in total. The summed E-state index contributed by atoms with van der Waals surface area (Å²) >= 11 is 7.53. The highest BCUT2D eigenvalue weighted by atomic mass is 35.5. The van der Waals surface area contributed by atoms with Gasteiger partial charge >= 0.3 is 0 Å². The number of nitrogens with zero attached hydrogens (tertiary/aromatic N) is 3. The van der Waals surface area contributed by atoms with Crippen LogP contribution in [0.1, 0.15) is 12.5 Å². The minimum atomic E-state index is -0.351. The molecule has 0 saturated carbocycles. The minimum absolute atomic E-state index is 0.136. The van der Waals surface area contributed by atoms with Gasteiger partial charge in [0, 0.05) is 23.4 Å². The molecule has 0 radical (unpaired) electrons. The molecular weight excluding hydrogens is 387 g/mol. The Labute approximate surface area is 166 Å². The molecule has 0 fully saturated rings. The van der Waals surface area contributed by atoms with Gasteiger partial charge in [0.1, 0.15) is 5.82 Å². The standard InChI is InChI=1S/C19H18ClFN4OS/c1-3-25-18(13-7-4-5-8-14(13)20)23-24-19(25)27-11-17(26)22-16-10-6-9-15(21)12(16)2/h4-10H,3,11H2,1-2H3,(H,22,26). The molecular formula is C19H18ClFN4OS. The highest BCUT2D eigenvalue weighted by Crippen LogP contribution is 2.29. The van der Waals surface area contributed by atoms with E-state index in [1.165, 1.54) is 17.8 Å². The van der Waals surface area contributed by atoms with E-state index >= 15 is 0 Å². The van der Waals surface area contributed by atoms with Crippen molar-refractivity contribution >= 4 is 35.0 Å². The van der Waals surface area contributed by atoms with Gasteiger partial charge in [0.2, 0.25) is 5.91 Å². The summed E-state index contributed by atoms with van der Waals surface area (Å²) in [6, 6.07) is 12.0. The fraction of sp³-hybridized carbons (Fsp3) is 0.211. The first-order valence-corrected chi connectivity index (χ1v) is 9.73. The van der Waals surface area contributed by atoms with E-state index in [1.807, 2.05) is 29.7 Å².